The Kier molecular flexibility index (Phi) is 3.56. The predicted molar refractivity (Wildman–Crippen MR) is 74.4 cm³/mol. The van der Waals surface area contributed by atoms with Gasteiger partial charge in [0.1, 0.15) is 18.5 Å². The number of para-hydroxylation sites is 2. The summed E-state index contributed by atoms with van der Waals surface area (Å²) in [6, 6.07) is 13.7. The zero-order valence-corrected chi connectivity index (χ0v) is 11.0. The van der Waals surface area contributed by atoms with Gasteiger partial charge in [-0.15, -0.1) is 0 Å². The third-order valence-corrected chi connectivity index (χ3v) is 3.39. The van der Waals surface area contributed by atoms with E-state index in [1.807, 2.05) is 24.3 Å². The zero-order valence-electron chi connectivity index (χ0n) is 11.0. The third kappa shape index (κ3) is 2.75. The second-order valence-electron chi connectivity index (χ2n) is 4.91. The largest absolute Gasteiger partial charge is 0.486 e. The van der Waals surface area contributed by atoms with E-state index in [1.54, 1.807) is 12.1 Å². The van der Waals surface area contributed by atoms with E-state index in [0.717, 1.165) is 17.1 Å². The van der Waals surface area contributed by atoms with E-state index in [-0.39, 0.29) is 18.0 Å². The van der Waals surface area contributed by atoms with Gasteiger partial charge in [0.05, 0.1) is 0 Å². The lowest BCUT2D eigenvalue weighted by Crippen LogP contribution is -2.46. The van der Waals surface area contributed by atoms with E-state index in [0.29, 0.717) is 13.0 Å². The normalized spacial score (nSPS) is 18.6. The first kappa shape index (κ1) is 12.9. The van der Waals surface area contributed by atoms with Crippen LogP contribution >= 0.6 is 0 Å². The van der Waals surface area contributed by atoms with Gasteiger partial charge in [-0.3, -0.25) is 0 Å². The van der Waals surface area contributed by atoms with Crippen molar-refractivity contribution in [1.29, 1.82) is 0 Å². The molecular weight excluding hydrogens is 257 g/mol. The van der Waals surface area contributed by atoms with Gasteiger partial charge in [-0.05, 0) is 36.2 Å². The first-order valence-corrected chi connectivity index (χ1v) is 6.61. The molecule has 3 nitrogen and oxygen atoms in total. The summed E-state index contributed by atoms with van der Waals surface area (Å²) in [6.07, 6.45) is 0.422. The molecule has 3 rings (SSSR count). The number of rotatable bonds is 3. The molecule has 0 fully saturated rings. The number of nitrogens with two attached hydrogens (primary N) is 1. The highest BCUT2D eigenvalue weighted by Gasteiger charge is 2.26. The minimum atomic E-state index is -0.242. The standard InChI is InChI=1S/C16H16FNO2/c17-12-7-5-11(6-8-12)9-13(18)16-10-19-14-3-1-2-4-15(14)20-16/h1-8,13,16H,9-10,18H2/t13-,16-/m1/s1. The number of ether oxygens (including phenoxy) is 2. The first-order chi connectivity index (χ1) is 9.72. The maximum absolute atomic E-state index is 12.9. The molecular formula is C16H16FNO2. The average Bonchev–Trinajstić information content (AvgIpc) is 2.49. The highest BCUT2D eigenvalue weighted by atomic mass is 19.1. The summed E-state index contributed by atoms with van der Waals surface area (Å²) in [4.78, 5) is 0. The molecule has 0 amide bonds. The molecule has 0 spiro atoms. The van der Waals surface area contributed by atoms with Crippen molar-refractivity contribution < 1.29 is 13.9 Å². The fourth-order valence-corrected chi connectivity index (χ4v) is 2.27. The van der Waals surface area contributed by atoms with Gasteiger partial charge in [0.25, 0.3) is 0 Å². The molecule has 1 heterocycles. The topological polar surface area (TPSA) is 44.5 Å². The molecule has 0 unspecified atom stereocenters. The summed E-state index contributed by atoms with van der Waals surface area (Å²) < 4.78 is 24.4. The second-order valence-corrected chi connectivity index (χ2v) is 4.91. The van der Waals surface area contributed by atoms with E-state index in [9.17, 15) is 4.39 Å². The Morgan fingerprint density at radius 3 is 2.55 bits per heavy atom. The highest BCUT2D eigenvalue weighted by molar-refractivity contribution is 5.40. The van der Waals surface area contributed by atoms with Gasteiger partial charge in [-0.25, -0.2) is 4.39 Å². The van der Waals surface area contributed by atoms with Crippen LogP contribution in [0.1, 0.15) is 5.56 Å². The summed E-state index contributed by atoms with van der Waals surface area (Å²) in [6.45, 7) is 0.430. The minimum Gasteiger partial charge on any atom is -0.486 e. The quantitative estimate of drug-likeness (QED) is 0.934. The Bertz CT molecular complexity index is 585. The molecule has 2 N–H and O–H groups in total. The Balaban J connectivity index is 1.67. The molecule has 1 aliphatic heterocycles. The smallest absolute Gasteiger partial charge is 0.161 e. The van der Waals surface area contributed by atoms with Crippen LogP contribution in [0, 0.1) is 5.82 Å². The van der Waals surface area contributed by atoms with Crippen molar-refractivity contribution in [2.75, 3.05) is 6.61 Å². The van der Waals surface area contributed by atoms with E-state index in [1.165, 1.54) is 12.1 Å². The molecule has 104 valence electrons. The highest BCUT2D eigenvalue weighted by Crippen LogP contribution is 2.31. The monoisotopic (exact) mass is 273 g/mol. The minimum absolute atomic E-state index is 0.199. The molecule has 0 radical (unpaired) electrons. The zero-order chi connectivity index (χ0) is 13.9. The molecule has 1 aliphatic rings. The molecule has 0 saturated heterocycles. The van der Waals surface area contributed by atoms with Crippen LogP contribution in [-0.2, 0) is 6.42 Å². The predicted octanol–water partition coefficient (Wildman–Crippen LogP) is 2.54. The molecule has 0 aromatic heterocycles. The van der Waals surface area contributed by atoms with Crippen LogP contribution in [0.4, 0.5) is 4.39 Å². The van der Waals surface area contributed by atoms with Gasteiger partial charge < -0.3 is 15.2 Å². The lowest BCUT2D eigenvalue weighted by Gasteiger charge is -2.30. The molecule has 0 aliphatic carbocycles. The summed E-state index contributed by atoms with van der Waals surface area (Å²) >= 11 is 0. The van der Waals surface area contributed by atoms with E-state index >= 15 is 0 Å². The maximum Gasteiger partial charge on any atom is 0.161 e. The van der Waals surface area contributed by atoms with Gasteiger partial charge >= 0.3 is 0 Å². The van der Waals surface area contributed by atoms with Crippen LogP contribution in [0.3, 0.4) is 0 Å². The van der Waals surface area contributed by atoms with Gasteiger partial charge in [0.2, 0.25) is 0 Å². The van der Waals surface area contributed by atoms with Crippen LogP contribution in [0.5, 0.6) is 11.5 Å². The Labute approximate surface area is 117 Å². The number of fused-ring (bicyclic) bond motifs is 1. The number of hydrogen-bond donors (Lipinski definition) is 1. The summed E-state index contributed by atoms with van der Waals surface area (Å²) in [5.74, 6) is 1.23. The van der Waals surface area contributed by atoms with Gasteiger partial charge in [-0.2, -0.15) is 0 Å². The molecule has 20 heavy (non-hydrogen) atoms. The Morgan fingerprint density at radius 1 is 1.10 bits per heavy atom. The van der Waals surface area contributed by atoms with Crippen LogP contribution in [0.2, 0.25) is 0 Å². The molecule has 4 heteroatoms. The lowest BCUT2D eigenvalue weighted by atomic mass is 10.0. The molecule has 2 aromatic rings. The van der Waals surface area contributed by atoms with Crippen LogP contribution in [0.25, 0.3) is 0 Å². The van der Waals surface area contributed by atoms with Crippen molar-refractivity contribution in [3.05, 3.63) is 59.9 Å². The SMILES string of the molecule is N[C@H](Cc1ccc(F)cc1)[C@H]1COc2ccccc2O1. The first-order valence-electron chi connectivity index (χ1n) is 6.61. The Hall–Kier alpha value is -2.07. The summed E-state index contributed by atoms with van der Waals surface area (Å²) in [5.41, 5.74) is 7.16. The fourth-order valence-electron chi connectivity index (χ4n) is 2.27. The fraction of sp³-hybridized carbons (Fsp3) is 0.250. The van der Waals surface area contributed by atoms with Crippen molar-refractivity contribution in [3.63, 3.8) is 0 Å². The van der Waals surface area contributed by atoms with Crippen molar-refractivity contribution in [2.45, 2.75) is 18.6 Å². The average molecular weight is 273 g/mol. The van der Waals surface area contributed by atoms with Crippen molar-refractivity contribution in [2.24, 2.45) is 5.73 Å². The lowest BCUT2D eigenvalue weighted by molar-refractivity contribution is 0.0723. The maximum atomic E-state index is 12.9. The third-order valence-electron chi connectivity index (χ3n) is 3.39. The van der Waals surface area contributed by atoms with Gasteiger partial charge in [0, 0.05) is 6.04 Å². The number of benzene rings is 2. The second kappa shape index (κ2) is 5.51. The molecule has 0 bridgehead atoms. The van der Waals surface area contributed by atoms with Gasteiger partial charge in [0.15, 0.2) is 11.5 Å². The van der Waals surface area contributed by atoms with Gasteiger partial charge in [-0.1, -0.05) is 24.3 Å². The van der Waals surface area contributed by atoms with Crippen LogP contribution in [0.15, 0.2) is 48.5 Å². The molecule has 2 aromatic carbocycles. The van der Waals surface area contributed by atoms with Crippen molar-refractivity contribution >= 4 is 0 Å². The Morgan fingerprint density at radius 2 is 1.80 bits per heavy atom. The van der Waals surface area contributed by atoms with E-state index in [2.05, 4.69) is 0 Å². The number of halogens is 1. The van der Waals surface area contributed by atoms with Crippen LogP contribution in [-0.4, -0.2) is 18.8 Å². The molecule has 0 saturated carbocycles. The van der Waals surface area contributed by atoms with Crippen LogP contribution < -0.4 is 15.2 Å². The van der Waals surface area contributed by atoms with Crippen molar-refractivity contribution in [3.8, 4) is 11.5 Å². The summed E-state index contributed by atoms with van der Waals surface area (Å²) in [7, 11) is 0. The summed E-state index contributed by atoms with van der Waals surface area (Å²) in [5, 5.41) is 0. The number of hydrogen-bond acceptors (Lipinski definition) is 3. The van der Waals surface area contributed by atoms with Crippen molar-refractivity contribution in [1.82, 2.24) is 0 Å². The van der Waals surface area contributed by atoms with E-state index < -0.39 is 0 Å². The molecule has 2 atom stereocenters. The van der Waals surface area contributed by atoms with E-state index in [4.69, 9.17) is 15.2 Å².